The van der Waals surface area contributed by atoms with Crippen molar-refractivity contribution in [2.24, 2.45) is 0 Å². The lowest BCUT2D eigenvalue weighted by molar-refractivity contribution is -0.136. The van der Waals surface area contributed by atoms with Gasteiger partial charge in [-0.1, -0.05) is 24.3 Å². The zero-order chi connectivity index (χ0) is 14.3. The summed E-state index contributed by atoms with van der Waals surface area (Å²) in [6.07, 6.45) is 0.525. The fraction of sp³-hybridized carbons (Fsp3) is 0.429. The Morgan fingerprint density at radius 3 is 2.32 bits per heavy atom. The number of benzene rings is 1. The molecule has 0 aliphatic carbocycles. The molecule has 0 heterocycles. The maximum Gasteiger partial charge on any atom is 0.307 e. The predicted molar refractivity (Wildman–Crippen MR) is 72.8 cm³/mol. The van der Waals surface area contributed by atoms with E-state index in [-0.39, 0.29) is 12.3 Å². The number of hydrogen-bond acceptors (Lipinski definition) is 3. The van der Waals surface area contributed by atoms with Crippen molar-refractivity contribution in [2.75, 3.05) is 20.6 Å². The highest BCUT2D eigenvalue weighted by atomic mass is 16.4. The first-order valence-corrected chi connectivity index (χ1v) is 6.20. The average molecular weight is 264 g/mol. The summed E-state index contributed by atoms with van der Waals surface area (Å²) in [5.41, 5.74) is 1.90. The van der Waals surface area contributed by atoms with Crippen LogP contribution >= 0.6 is 0 Å². The number of carbonyl (C=O) groups is 2. The number of nitrogens with one attached hydrogen (secondary N) is 1. The summed E-state index contributed by atoms with van der Waals surface area (Å²) in [6, 6.07) is 7.51. The van der Waals surface area contributed by atoms with Crippen LogP contribution in [-0.2, 0) is 22.6 Å². The van der Waals surface area contributed by atoms with Crippen LogP contribution in [0.1, 0.15) is 17.5 Å². The molecule has 1 aromatic carbocycles. The third-order valence-corrected chi connectivity index (χ3v) is 2.83. The maximum atomic E-state index is 11.1. The Hall–Kier alpha value is -1.88. The number of hydrogen-bond donors (Lipinski definition) is 2. The van der Waals surface area contributed by atoms with Crippen LogP contribution in [0.2, 0.25) is 0 Å². The first-order valence-electron chi connectivity index (χ1n) is 6.20. The molecule has 5 heteroatoms. The molecule has 0 saturated heterocycles. The summed E-state index contributed by atoms with van der Waals surface area (Å²) in [6.45, 7) is 1.43. The highest BCUT2D eigenvalue weighted by Gasteiger charge is 2.05. The van der Waals surface area contributed by atoms with Crippen LogP contribution < -0.4 is 5.32 Å². The Kier molecular flexibility index (Phi) is 6.02. The van der Waals surface area contributed by atoms with E-state index in [2.05, 4.69) is 10.2 Å². The molecule has 0 aromatic heterocycles. The van der Waals surface area contributed by atoms with Gasteiger partial charge >= 0.3 is 5.97 Å². The second-order valence-electron chi connectivity index (χ2n) is 4.55. The Bertz CT molecular complexity index is 429. The van der Waals surface area contributed by atoms with Gasteiger partial charge in [0, 0.05) is 26.6 Å². The molecule has 1 aromatic rings. The molecule has 0 saturated carbocycles. The second kappa shape index (κ2) is 7.53. The zero-order valence-corrected chi connectivity index (χ0v) is 11.3. The molecule has 1 amide bonds. The Morgan fingerprint density at radius 1 is 1.21 bits per heavy atom. The van der Waals surface area contributed by atoms with Gasteiger partial charge < -0.3 is 15.3 Å². The van der Waals surface area contributed by atoms with Crippen LogP contribution in [-0.4, -0.2) is 42.5 Å². The molecule has 0 fully saturated rings. The number of carboxylic acid groups (broad SMARTS) is 1. The molecule has 0 aliphatic rings. The van der Waals surface area contributed by atoms with Gasteiger partial charge in [0.25, 0.3) is 0 Å². The van der Waals surface area contributed by atoms with Crippen LogP contribution in [0.5, 0.6) is 0 Å². The van der Waals surface area contributed by atoms with Gasteiger partial charge in [-0.25, -0.2) is 0 Å². The quantitative estimate of drug-likeness (QED) is 0.767. The summed E-state index contributed by atoms with van der Waals surface area (Å²) >= 11 is 0. The van der Waals surface area contributed by atoms with E-state index in [1.807, 2.05) is 31.3 Å². The molecule has 0 radical (unpaired) electrons. The molecule has 0 spiro atoms. The first-order chi connectivity index (χ1) is 9.01. The monoisotopic (exact) mass is 264 g/mol. The summed E-state index contributed by atoms with van der Waals surface area (Å²) in [4.78, 5) is 23.7. The summed E-state index contributed by atoms with van der Waals surface area (Å²) in [5.74, 6) is -0.792. The normalized spacial score (nSPS) is 10.5. The Labute approximate surface area is 113 Å². The fourth-order valence-electron chi connectivity index (χ4n) is 1.75. The molecule has 2 N–H and O–H groups in total. The third-order valence-electron chi connectivity index (χ3n) is 2.83. The fourth-order valence-corrected chi connectivity index (χ4v) is 1.75. The predicted octanol–water partition coefficient (Wildman–Crippen LogP) is 0.882. The molecule has 0 aliphatic heterocycles. The van der Waals surface area contributed by atoms with Crippen molar-refractivity contribution < 1.29 is 14.7 Å². The molecule has 0 atom stereocenters. The average Bonchev–Trinajstić information content (AvgIpc) is 2.37. The summed E-state index contributed by atoms with van der Waals surface area (Å²) in [5, 5.41) is 11.3. The number of amides is 1. The smallest absolute Gasteiger partial charge is 0.307 e. The van der Waals surface area contributed by atoms with E-state index in [0.29, 0.717) is 13.0 Å². The Morgan fingerprint density at radius 2 is 1.79 bits per heavy atom. The van der Waals surface area contributed by atoms with Crippen LogP contribution in [0.15, 0.2) is 24.3 Å². The van der Waals surface area contributed by atoms with Crippen molar-refractivity contribution in [3.8, 4) is 0 Å². The van der Waals surface area contributed by atoms with Gasteiger partial charge in [0.05, 0.1) is 6.42 Å². The lowest BCUT2D eigenvalue weighted by Crippen LogP contribution is -2.26. The minimum absolute atomic E-state index is 0.0312. The molecule has 104 valence electrons. The van der Waals surface area contributed by atoms with Gasteiger partial charge in [0.2, 0.25) is 5.91 Å². The van der Waals surface area contributed by atoms with Gasteiger partial charge in [-0.15, -0.1) is 0 Å². The van der Waals surface area contributed by atoms with E-state index in [4.69, 9.17) is 5.11 Å². The molecule has 1 rings (SSSR count). The number of carboxylic acids is 1. The van der Waals surface area contributed by atoms with Crippen LogP contribution in [0.3, 0.4) is 0 Å². The molecule has 0 unspecified atom stereocenters. The molecule has 0 bridgehead atoms. The van der Waals surface area contributed by atoms with Gasteiger partial charge in [-0.05, 0) is 18.2 Å². The van der Waals surface area contributed by atoms with Crippen LogP contribution in [0.25, 0.3) is 0 Å². The summed E-state index contributed by atoms with van der Waals surface area (Å²) < 4.78 is 0. The summed E-state index contributed by atoms with van der Waals surface area (Å²) in [7, 11) is 3.58. The van der Waals surface area contributed by atoms with Crippen molar-refractivity contribution in [1.82, 2.24) is 10.2 Å². The lowest BCUT2D eigenvalue weighted by atomic mass is 10.1. The largest absolute Gasteiger partial charge is 0.481 e. The number of aliphatic carboxylic acids is 1. The van der Waals surface area contributed by atoms with Crippen molar-refractivity contribution >= 4 is 11.9 Å². The van der Waals surface area contributed by atoms with Gasteiger partial charge in [0.15, 0.2) is 0 Å². The van der Waals surface area contributed by atoms with E-state index >= 15 is 0 Å². The van der Waals surface area contributed by atoms with Gasteiger partial charge in [0.1, 0.15) is 0 Å². The molecular formula is C14H20N2O3. The maximum absolute atomic E-state index is 11.1. The highest BCUT2D eigenvalue weighted by molar-refractivity contribution is 5.75. The SMILES string of the molecule is CNC(=O)CCN(C)Cc1ccc(CC(=O)O)cc1. The first kappa shape index (κ1) is 15.2. The standard InChI is InChI=1S/C14H20N2O3/c1-15-13(17)7-8-16(2)10-12-5-3-11(4-6-12)9-14(18)19/h3-6H,7-10H2,1-2H3,(H,15,17)(H,18,19). The van der Waals surface area contributed by atoms with E-state index in [0.717, 1.165) is 17.7 Å². The van der Waals surface area contributed by atoms with Crippen LogP contribution in [0.4, 0.5) is 0 Å². The number of rotatable bonds is 7. The molecular weight excluding hydrogens is 244 g/mol. The highest BCUT2D eigenvalue weighted by Crippen LogP contribution is 2.07. The minimum atomic E-state index is -0.824. The van der Waals surface area contributed by atoms with Crippen molar-refractivity contribution in [1.29, 1.82) is 0 Å². The topological polar surface area (TPSA) is 69.6 Å². The van der Waals surface area contributed by atoms with Crippen molar-refractivity contribution in [3.63, 3.8) is 0 Å². The van der Waals surface area contributed by atoms with E-state index in [9.17, 15) is 9.59 Å². The number of carbonyl (C=O) groups excluding carboxylic acids is 1. The lowest BCUT2D eigenvalue weighted by Gasteiger charge is -2.16. The number of nitrogens with zero attached hydrogens (tertiary/aromatic N) is 1. The van der Waals surface area contributed by atoms with Crippen molar-refractivity contribution in [2.45, 2.75) is 19.4 Å². The van der Waals surface area contributed by atoms with Crippen molar-refractivity contribution in [3.05, 3.63) is 35.4 Å². The third kappa shape index (κ3) is 6.01. The van der Waals surface area contributed by atoms with E-state index in [1.54, 1.807) is 7.05 Å². The minimum Gasteiger partial charge on any atom is -0.481 e. The van der Waals surface area contributed by atoms with Gasteiger partial charge in [-0.3, -0.25) is 9.59 Å². The second-order valence-corrected chi connectivity index (χ2v) is 4.55. The molecule has 5 nitrogen and oxygen atoms in total. The van der Waals surface area contributed by atoms with E-state index in [1.165, 1.54) is 0 Å². The Balaban J connectivity index is 2.44. The van der Waals surface area contributed by atoms with E-state index < -0.39 is 5.97 Å². The molecule has 19 heavy (non-hydrogen) atoms. The van der Waals surface area contributed by atoms with Crippen LogP contribution in [0, 0.1) is 0 Å². The zero-order valence-electron chi connectivity index (χ0n) is 11.3. The van der Waals surface area contributed by atoms with Gasteiger partial charge in [-0.2, -0.15) is 0 Å².